The minimum Gasteiger partial charge on any atom is -0.444 e. The van der Waals surface area contributed by atoms with Gasteiger partial charge >= 0.3 is 6.09 Å². The lowest BCUT2D eigenvalue weighted by Crippen LogP contribution is -2.40. The largest absolute Gasteiger partial charge is 0.444 e. The molecule has 1 fully saturated rings. The van der Waals surface area contributed by atoms with Crippen molar-refractivity contribution in [2.45, 2.75) is 51.7 Å². The molecule has 0 N–H and O–H groups in total. The number of nitrogens with zero attached hydrogens (tertiary/aromatic N) is 4. The zero-order chi connectivity index (χ0) is 12.9. The van der Waals surface area contributed by atoms with Crippen molar-refractivity contribution in [1.82, 2.24) is 4.90 Å². The predicted octanol–water partition coefficient (Wildman–Crippen LogP) is 3.09. The number of azide groups is 1. The molecule has 1 amide bonds. The summed E-state index contributed by atoms with van der Waals surface area (Å²) in [6, 6.07) is 0.148. The Morgan fingerprint density at radius 1 is 1.59 bits per heavy atom. The summed E-state index contributed by atoms with van der Waals surface area (Å²) in [5.41, 5.74) is 7.76. The van der Waals surface area contributed by atoms with Crippen molar-refractivity contribution in [3.63, 3.8) is 0 Å². The van der Waals surface area contributed by atoms with Gasteiger partial charge in [0, 0.05) is 24.0 Å². The van der Waals surface area contributed by atoms with E-state index in [1.165, 1.54) is 0 Å². The van der Waals surface area contributed by atoms with Crippen molar-refractivity contribution in [1.29, 1.82) is 0 Å². The summed E-state index contributed by atoms with van der Waals surface area (Å²) in [6.07, 6.45) is 2.39. The molecule has 1 unspecified atom stereocenters. The third-order valence-electron chi connectivity index (χ3n) is 2.63. The van der Waals surface area contributed by atoms with Crippen molar-refractivity contribution < 1.29 is 9.53 Å². The molecule has 0 aromatic rings. The molecule has 1 aliphatic heterocycles. The highest BCUT2D eigenvalue weighted by Gasteiger charge is 2.31. The molecule has 0 saturated carbocycles. The van der Waals surface area contributed by atoms with E-state index in [0.717, 1.165) is 19.4 Å². The number of likely N-dealkylation sites (tertiary alicyclic amines) is 1. The number of amides is 1. The molecule has 96 valence electrons. The molecular weight excluding hydrogens is 220 g/mol. The molecule has 1 saturated heterocycles. The monoisotopic (exact) mass is 240 g/mol. The molecule has 0 aromatic heterocycles. The highest BCUT2D eigenvalue weighted by atomic mass is 16.6. The normalized spacial score (nSPS) is 19.9. The quantitative estimate of drug-likeness (QED) is 0.431. The van der Waals surface area contributed by atoms with Gasteiger partial charge < -0.3 is 9.64 Å². The van der Waals surface area contributed by atoms with Crippen LogP contribution < -0.4 is 0 Å². The average molecular weight is 240 g/mol. The topological polar surface area (TPSA) is 78.3 Å². The van der Waals surface area contributed by atoms with Gasteiger partial charge in [0.2, 0.25) is 0 Å². The number of rotatable bonds is 3. The van der Waals surface area contributed by atoms with Gasteiger partial charge in [-0.15, -0.1) is 0 Å². The second-order valence-corrected chi connectivity index (χ2v) is 5.21. The van der Waals surface area contributed by atoms with Crippen LogP contribution in [-0.2, 0) is 4.74 Å². The molecule has 0 aromatic carbocycles. The van der Waals surface area contributed by atoms with Gasteiger partial charge in [-0.2, -0.15) is 0 Å². The lowest BCUT2D eigenvalue weighted by atomic mass is 10.1. The Morgan fingerprint density at radius 3 is 2.88 bits per heavy atom. The van der Waals surface area contributed by atoms with Gasteiger partial charge in [-0.1, -0.05) is 5.11 Å². The van der Waals surface area contributed by atoms with Gasteiger partial charge in [-0.25, -0.2) is 4.79 Å². The Kier molecular flexibility index (Phi) is 4.63. The van der Waals surface area contributed by atoms with Crippen LogP contribution >= 0.6 is 0 Å². The highest BCUT2D eigenvalue weighted by Crippen LogP contribution is 2.22. The Balaban J connectivity index is 2.50. The molecular formula is C11H20N4O2. The molecule has 17 heavy (non-hydrogen) atoms. The van der Waals surface area contributed by atoms with Crippen molar-refractivity contribution in [3.05, 3.63) is 10.4 Å². The van der Waals surface area contributed by atoms with Crippen LogP contribution in [-0.4, -0.2) is 35.7 Å². The van der Waals surface area contributed by atoms with E-state index in [0.29, 0.717) is 13.0 Å². The molecule has 1 heterocycles. The Bertz CT molecular complexity index is 318. The summed E-state index contributed by atoms with van der Waals surface area (Å²) in [5, 5.41) is 3.51. The van der Waals surface area contributed by atoms with E-state index in [1.807, 2.05) is 20.8 Å². The van der Waals surface area contributed by atoms with E-state index in [4.69, 9.17) is 10.3 Å². The van der Waals surface area contributed by atoms with Gasteiger partial charge in [0.05, 0.1) is 0 Å². The average Bonchev–Trinajstić information content (AvgIpc) is 2.64. The van der Waals surface area contributed by atoms with E-state index in [9.17, 15) is 4.79 Å². The van der Waals surface area contributed by atoms with Crippen LogP contribution in [0.5, 0.6) is 0 Å². The lowest BCUT2D eigenvalue weighted by molar-refractivity contribution is 0.0222. The number of hydrogen-bond donors (Lipinski definition) is 0. The van der Waals surface area contributed by atoms with Crippen LogP contribution in [0.1, 0.15) is 40.0 Å². The smallest absolute Gasteiger partial charge is 0.410 e. The third kappa shape index (κ3) is 4.53. The summed E-state index contributed by atoms with van der Waals surface area (Å²) in [5.74, 6) is 0. The van der Waals surface area contributed by atoms with E-state index in [2.05, 4.69) is 10.0 Å². The van der Waals surface area contributed by atoms with Gasteiger partial charge in [-0.3, -0.25) is 0 Å². The molecule has 6 heteroatoms. The summed E-state index contributed by atoms with van der Waals surface area (Å²) in [4.78, 5) is 16.4. The standard InChI is InChI=1S/C11H20N4O2/c1-11(2,3)17-10(16)15-8-4-5-9(15)6-7-13-14-12/h9H,4-8H2,1-3H3. The molecule has 0 aliphatic carbocycles. The van der Waals surface area contributed by atoms with E-state index in [1.54, 1.807) is 4.90 Å². The number of carbonyl (C=O) groups excluding carboxylic acids is 1. The van der Waals surface area contributed by atoms with E-state index >= 15 is 0 Å². The highest BCUT2D eigenvalue weighted by molar-refractivity contribution is 5.68. The Morgan fingerprint density at radius 2 is 2.29 bits per heavy atom. The van der Waals surface area contributed by atoms with E-state index in [-0.39, 0.29) is 12.1 Å². The fraction of sp³-hybridized carbons (Fsp3) is 0.909. The van der Waals surface area contributed by atoms with Gasteiger partial charge in [0.15, 0.2) is 0 Å². The molecule has 0 spiro atoms. The third-order valence-corrected chi connectivity index (χ3v) is 2.63. The van der Waals surface area contributed by atoms with Crippen molar-refractivity contribution >= 4 is 6.09 Å². The summed E-state index contributed by atoms with van der Waals surface area (Å²) in [7, 11) is 0. The van der Waals surface area contributed by atoms with Crippen LogP contribution in [0.2, 0.25) is 0 Å². The zero-order valence-electron chi connectivity index (χ0n) is 10.7. The minimum absolute atomic E-state index is 0.148. The second-order valence-electron chi connectivity index (χ2n) is 5.21. The number of carbonyl (C=O) groups is 1. The minimum atomic E-state index is -0.463. The van der Waals surface area contributed by atoms with Crippen molar-refractivity contribution in [2.24, 2.45) is 5.11 Å². The summed E-state index contributed by atoms with van der Waals surface area (Å²) >= 11 is 0. The van der Waals surface area contributed by atoms with Gasteiger partial charge in [0.1, 0.15) is 5.60 Å². The van der Waals surface area contributed by atoms with Gasteiger partial charge in [0.25, 0.3) is 0 Å². The van der Waals surface area contributed by atoms with Crippen LogP contribution in [0.3, 0.4) is 0 Å². The molecule has 1 atom stereocenters. The molecule has 0 bridgehead atoms. The molecule has 1 aliphatic rings. The number of ether oxygens (including phenoxy) is 1. The summed E-state index contributed by atoms with van der Waals surface area (Å²) < 4.78 is 5.34. The van der Waals surface area contributed by atoms with Crippen molar-refractivity contribution in [3.8, 4) is 0 Å². The zero-order valence-corrected chi connectivity index (χ0v) is 10.7. The molecule has 1 rings (SSSR count). The van der Waals surface area contributed by atoms with Crippen molar-refractivity contribution in [2.75, 3.05) is 13.1 Å². The maximum atomic E-state index is 11.9. The number of hydrogen-bond acceptors (Lipinski definition) is 3. The van der Waals surface area contributed by atoms with Gasteiger partial charge in [-0.05, 0) is 45.6 Å². The molecule has 0 radical (unpaired) electrons. The maximum absolute atomic E-state index is 11.9. The Labute approximate surface area is 102 Å². The molecule has 6 nitrogen and oxygen atoms in total. The predicted molar refractivity (Wildman–Crippen MR) is 64.6 cm³/mol. The first-order valence-corrected chi connectivity index (χ1v) is 5.94. The first-order valence-electron chi connectivity index (χ1n) is 5.94. The maximum Gasteiger partial charge on any atom is 0.410 e. The van der Waals surface area contributed by atoms with Crippen LogP contribution in [0.15, 0.2) is 5.11 Å². The van der Waals surface area contributed by atoms with E-state index < -0.39 is 5.60 Å². The van der Waals surface area contributed by atoms with Crippen LogP contribution in [0.4, 0.5) is 4.79 Å². The lowest BCUT2D eigenvalue weighted by Gasteiger charge is -2.28. The van der Waals surface area contributed by atoms with Crippen LogP contribution in [0, 0.1) is 0 Å². The van der Waals surface area contributed by atoms with Crippen LogP contribution in [0.25, 0.3) is 10.4 Å². The Hall–Kier alpha value is -1.42. The second kappa shape index (κ2) is 5.77. The fourth-order valence-electron chi connectivity index (χ4n) is 1.95. The first kappa shape index (κ1) is 13.6. The first-order chi connectivity index (χ1) is 7.94. The fourth-order valence-corrected chi connectivity index (χ4v) is 1.95. The summed E-state index contributed by atoms with van der Waals surface area (Å²) in [6.45, 7) is 6.73. The SMILES string of the molecule is CC(C)(C)OC(=O)N1CCCC1CCN=[N+]=[N-].